The molecule has 0 saturated heterocycles. The number of carbonyl (C=O) groups excluding carboxylic acids is 1. The third-order valence-electron chi connectivity index (χ3n) is 4.35. The molecule has 0 bridgehead atoms. The van der Waals surface area contributed by atoms with Crippen molar-refractivity contribution in [3.05, 3.63) is 45.6 Å². The number of aromatic nitrogens is 2. The Morgan fingerprint density at radius 1 is 1.23 bits per heavy atom. The molecule has 0 aliphatic heterocycles. The van der Waals surface area contributed by atoms with Crippen LogP contribution in [-0.2, 0) is 4.74 Å². The molecule has 0 aliphatic rings. The number of esters is 1. The van der Waals surface area contributed by atoms with Gasteiger partial charge in [-0.05, 0) is 39.8 Å². The Bertz CT molecular complexity index is 1310. The van der Waals surface area contributed by atoms with E-state index < -0.39 is 5.97 Å². The van der Waals surface area contributed by atoms with Gasteiger partial charge in [0.05, 0.1) is 27.4 Å². The highest BCUT2D eigenvalue weighted by molar-refractivity contribution is 7.42. The van der Waals surface area contributed by atoms with E-state index in [4.69, 9.17) is 15.5 Å². The first-order valence-electron chi connectivity index (χ1n) is 9.49. The van der Waals surface area contributed by atoms with E-state index in [1.54, 1.807) is 11.5 Å². The lowest BCUT2D eigenvalue weighted by Gasteiger charge is -2.23. The maximum Gasteiger partial charge on any atom is 0.350 e. The van der Waals surface area contributed by atoms with Crippen LogP contribution in [0, 0.1) is 0 Å². The minimum atomic E-state index is -0.456. The fourth-order valence-corrected chi connectivity index (χ4v) is 5.59. The van der Waals surface area contributed by atoms with Crippen molar-refractivity contribution < 1.29 is 9.53 Å². The molecule has 4 aromatic rings. The van der Waals surface area contributed by atoms with Gasteiger partial charge in [-0.15, -0.1) is 22.7 Å². The van der Waals surface area contributed by atoms with Crippen molar-refractivity contribution in [2.24, 2.45) is 0 Å². The average molecular weight is 443 g/mol. The molecule has 3 heterocycles. The number of rotatable bonds is 4. The molecule has 0 atom stereocenters. The highest BCUT2D eigenvalue weighted by atomic mass is 32.2. The maximum absolute atomic E-state index is 13.5. The molecule has 0 radical (unpaired) electrons. The minimum Gasteiger partial charge on any atom is -0.462 e. The number of nitrogens with two attached hydrogens (primary N) is 1. The third-order valence-corrected chi connectivity index (χ3v) is 6.79. The van der Waals surface area contributed by atoms with Crippen LogP contribution in [-0.4, -0.2) is 27.7 Å². The maximum atomic E-state index is 13.5. The highest BCUT2D eigenvalue weighted by Crippen LogP contribution is 2.43. The molecule has 0 amide bonds. The summed E-state index contributed by atoms with van der Waals surface area (Å²) in [5.41, 5.74) is 7.34. The van der Waals surface area contributed by atoms with Gasteiger partial charge in [-0.2, -0.15) is 0 Å². The highest BCUT2D eigenvalue weighted by Gasteiger charge is 2.25. The van der Waals surface area contributed by atoms with Crippen LogP contribution in [0.5, 0.6) is 0 Å². The summed E-state index contributed by atoms with van der Waals surface area (Å²) in [5, 5.41) is 3.97. The van der Waals surface area contributed by atoms with Crippen LogP contribution in [0.4, 0.5) is 11.6 Å². The summed E-state index contributed by atoms with van der Waals surface area (Å²) in [4.78, 5) is 30.9. The van der Waals surface area contributed by atoms with Crippen LogP contribution in [0.15, 0.2) is 35.1 Å². The van der Waals surface area contributed by atoms with Gasteiger partial charge in [-0.25, -0.2) is 14.3 Å². The van der Waals surface area contributed by atoms with Crippen molar-refractivity contribution in [1.82, 2.24) is 9.55 Å². The lowest BCUT2D eigenvalue weighted by molar-refractivity contribution is 0.0533. The number of carbonyl (C=O) groups is 1. The topological polar surface area (TPSA) is 99.2 Å². The lowest BCUT2D eigenvalue weighted by Crippen LogP contribution is -2.32. The molecular weight excluding hydrogens is 420 g/mol. The molecule has 4 rings (SSSR count). The zero-order valence-electron chi connectivity index (χ0n) is 17.1. The number of anilines is 2. The Balaban J connectivity index is 2.03. The molecule has 156 valence electrons. The Labute approximate surface area is 181 Å². The number of nitrogens with zero attached hydrogens (tertiary/aromatic N) is 2. The fourth-order valence-electron chi connectivity index (χ4n) is 3.16. The summed E-state index contributed by atoms with van der Waals surface area (Å²) in [6.07, 6.45) is 0. The van der Waals surface area contributed by atoms with E-state index in [0.29, 0.717) is 32.1 Å². The van der Waals surface area contributed by atoms with Gasteiger partial charge in [0.1, 0.15) is 15.1 Å². The van der Waals surface area contributed by atoms with Gasteiger partial charge in [0, 0.05) is 5.54 Å². The van der Waals surface area contributed by atoms with Crippen molar-refractivity contribution in [3.8, 4) is 5.69 Å². The summed E-state index contributed by atoms with van der Waals surface area (Å²) >= 11 is 2.54. The van der Waals surface area contributed by atoms with E-state index in [9.17, 15) is 9.59 Å². The standard InChI is InChI=1S/C21H22N4O3S2/c1-5-28-18(27)15-13(22)12-14-16(30-19(12)29-15)17(26)25(11-9-7-6-8-10-11)20(23-14)24-21(2,3)4/h6-10H,5,22H2,1-4H3,(H,23,24). The van der Waals surface area contributed by atoms with Crippen LogP contribution in [0.2, 0.25) is 0 Å². The smallest absolute Gasteiger partial charge is 0.350 e. The zero-order valence-corrected chi connectivity index (χ0v) is 18.7. The summed E-state index contributed by atoms with van der Waals surface area (Å²) in [5.74, 6) is -0.0311. The number of hydrogen-bond acceptors (Lipinski definition) is 8. The molecule has 0 saturated carbocycles. The molecule has 3 N–H and O–H groups in total. The first kappa shape index (κ1) is 20.4. The molecule has 30 heavy (non-hydrogen) atoms. The second-order valence-electron chi connectivity index (χ2n) is 7.79. The summed E-state index contributed by atoms with van der Waals surface area (Å²) in [6.45, 7) is 8.01. The molecular formula is C21H22N4O3S2. The number of nitrogens with one attached hydrogen (secondary N) is 1. The zero-order chi connectivity index (χ0) is 21.6. The Morgan fingerprint density at radius 3 is 2.57 bits per heavy atom. The van der Waals surface area contributed by atoms with Crippen LogP contribution >= 0.6 is 22.7 Å². The number of nitrogen functional groups attached to an aromatic ring is 1. The normalized spacial score (nSPS) is 11.9. The van der Waals surface area contributed by atoms with Crippen molar-refractivity contribution in [1.29, 1.82) is 0 Å². The molecule has 7 nitrogen and oxygen atoms in total. The SMILES string of the molecule is CCOC(=O)c1sc2sc3c(=O)n(-c4ccccc4)c(NC(C)(C)C)nc3c2c1N. The van der Waals surface area contributed by atoms with E-state index in [-0.39, 0.29) is 17.7 Å². The minimum absolute atomic E-state index is 0.177. The second-order valence-corrected chi connectivity index (χ2v) is 10.1. The van der Waals surface area contributed by atoms with E-state index in [0.717, 1.165) is 9.70 Å². The molecule has 0 fully saturated rings. The largest absolute Gasteiger partial charge is 0.462 e. The van der Waals surface area contributed by atoms with E-state index in [1.807, 2.05) is 51.1 Å². The van der Waals surface area contributed by atoms with E-state index in [2.05, 4.69) is 5.32 Å². The fraction of sp³-hybridized carbons (Fsp3) is 0.286. The van der Waals surface area contributed by atoms with Crippen molar-refractivity contribution in [2.75, 3.05) is 17.7 Å². The van der Waals surface area contributed by atoms with Gasteiger partial charge in [0.15, 0.2) is 0 Å². The van der Waals surface area contributed by atoms with Crippen LogP contribution in [0.1, 0.15) is 37.4 Å². The molecule has 3 aromatic heterocycles. The predicted molar refractivity (Wildman–Crippen MR) is 124 cm³/mol. The average Bonchev–Trinajstić information content (AvgIpc) is 3.19. The summed E-state index contributed by atoms with van der Waals surface area (Å²) in [7, 11) is 0. The lowest BCUT2D eigenvalue weighted by atomic mass is 10.1. The number of hydrogen-bond donors (Lipinski definition) is 2. The Kier molecular flexibility index (Phi) is 5.03. The first-order valence-corrected chi connectivity index (χ1v) is 11.1. The van der Waals surface area contributed by atoms with Crippen LogP contribution in [0.25, 0.3) is 25.3 Å². The monoisotopic (exact) mass is 442 g/mol. The van der Waals surface area contributed by atoms with Gasteiger partial charge >= 0.3 is 5.97 Å². The Hall–Kier alpha value is -2.91. The first-order chi connectivity index (χ1) is 14.2. The van der Waals surface area contributed by atoms with Crippen LogP contribution in [0.3, 0.4) is 0 Å². The molecule has 0 aliphatic carbocycles. The van der Waals surface area contributed by atoms with Crippen molar-refractivity contribution in [2.45, 2.75) is 33.2 Å². The number of fused-ring (bicyclic) bond motifs is 3. The molecule has 0 unspecified atom stereocenters. The van der Waals surface area contributed by atoms with Gasteiger partial charge < -0.3 is 15.8 Å². The van der Waals surface area contributed by atoms with Crippen molar-refractivity contribution >= 4 is 59.9 Å². The van der Waals surface area contributed by atoms with Gasteiger partial charge in [0.2, 0.25) is 5.95 Å². The number of thiophene rings is 2. The quantitative estimate of drug-likeness (QED) is 0.447. The Morgan fingerprint density at radius 2 is 1.93 bits per heavy atom. The van der Waals surface area contributed by atoms with Gasteiger partial charge in [0.25, 0.3) is 5.56 Å². The van der Waals surface area contributed by atoms with Gasteiger partial charge in [-0.1, -0.05) is 18.2 Å². The van der Waals surface area contributed by atoms with Crippen molar-refractivity contribution in [3.63, 3.8) is 0 Å². The molecule has 1 aromatic carbocycles. The second kappa shape index (κ2) is 7.41. The van der Waals surface area contributed by atoms with E-state index >= 15 is 0 Å². The summed E-state index contributed by atoms with van der Waals surface area (Å²) < 4.78 is 7.97. The van der Waals surface area contributed by atoms with E-state index in [1.165, 1.54) is 22.7 Å². The third kappa shape index (κ3) is 3.44. The number of benzene rings is 1. The predicted octanol–water partition coefficient (Wildman–Crippen LogP) is 4.63. The van der Waals surface area contributed by atoms with Crippen LogP contribution < -0.4 is 16.6 Å². The number of para-hydroxylation sites is 1. The molecule has 9 heteroatoms. The summed E-state index contributed by atoms with van der Waals surface area (Å²) in [6, 6.07) is 9.39. The van der Waals surface area contributed by atoms with Gasteiger partial charge in [-0.3, -0.25) is 4.79 Å². The molecule has 0 spiro atoms. The number of ether oxygens (including phenoxy) is 1.